The third kappa shape index (κ3) is 3.88. The molecule has 6 nitrogen and oxygen atoms in total. The monoisotopic (exact) mass is 452 g/mol. The van der Waals surface area contributed by atoms with Crippen molar-refractivity contribution >= 4 is 22.4 Å². The van der Waals surface area contributed by atoms with E-state index in [9.17, 15) is 10.1 Å². The molecule has 1 aliphatic rings. The van der Waals surface area contributed by atoms with Crippen molar-refractivity contribution in [2.75, 3.05) is 13.7 Å². The summed E-state index contributed by atoms with van der Waals surface area (Å²) in [6, 6.07) is 14.8. The van der Waals surface area contributed by atoms with Gasteiger partial charge in [-0.15, -0.1) is 0 Å². The van der Waals surface area contributed by atoms with E-state index >= 15 is 0 Å². The normalized spacial score (nSPS) is 17.4. The number of hydrogen-bond donors (Lipinski definition) is 0. The third-order valence-corrected chi connectivity index (χ3v) is 6.31. The molecule has 1 fully saturated rings. The third-order valence-electron chi connectivity index (χ3n) is 6.07. The fourth-order valence-electron chi connectivity index (χ4n) is 4.31. The van der Waals surface area contributed by atoms with E-state index in [-0.39, 0.29) is 23.9 Å². The van der Waals surface area contributed by atoms with E-state index in [1.165, 1.54) is 4.57 Å². The van der Waals surface area contributed by atoms with Gasteiger partial charge in [-0.1, -0.05) is 37.6 Å². The fourth-order valence-corrected chi connectivity index (χ4v) is 4.50. The van der Waals surface area contributed by atoms with Gasteiger partial charge in [0.1, 0.15) is 23.6 Å². The van der Waals surface area contributed by atoms with Crippen LogP contribution in [-0.2, 0) is 16.0 Å². The Morgan fingerprint density at radius 2 is 2.00 bits per heavy atom. The van der Waals surface area contributed by atoms with Crippen LogP contribution in [-0.4, -0.2) is 30.2 Å². The first-order chi connectivity index (χ1) is 15.4. The number of methoxy groups -OCH3 is 1. The van der Waals surface area contributed by atoms with Crippen molar-refractivity contribution in [1.82, 2.24) is 4.57 Å². The molecule has 32 heavy (non-hydrogen) atoms. The highest BCUT2D eigenvalue weighted by Crippen LogP contribution is 2.35. The van der Waals surface area contributed by atoms with Gasteiger partial charge in [-0.05, 0) is 48.7 Å². The first-order valence-electron chi connectivity index (χ1n) is 10.7. The largest absolute Gasteiger partial charge is 0.497 e. The zero-order chi connectivity index (χ0) is 22.9. The van der Waals surface area contributed by atoms with Gasteiger partial charge in [0.2, 0.25) is 0 Å². The van der Waals surface area contributed by atoms with Crippen LogP contribution in [0, 0.1) is 11.3 Å². The minimum atomic E-state index is -0.638. The summed E-state index contributed by atoms with van der Waals surface area (Å²) in [5.74, 6) is -0.0359. The second kappa shape index (κ2) is 8.95. The van der Waals surface area contributed by atoms with E-state index in [2.05, 4.69) is 6.07 Å². The van der Waals surface area contributed by atoms with Crippen LogP contribution in [0.5, 0.6) is 5.75 Å². The number of benzene rings is 2. The van der Waals surface area contributed by atoms with E-state index in [0.29, 0.717) is 46.6 Å². The summed E-state index contributed by atoms with van der Waals surface area (Å²) < 4.78 is 19.0. The van der Waals surface area contributed by atoms with Crippen molar-refractivity contribution < 1.29 is 14.2 Å². The summed E-state index contributed by atoms with van der Waals surface area (Å²) in [5.41, 5.74) is 1.40. The number of aromatic nitrogens is 1. The van der Waals surface area contributed by atoms with Crippen molar-refractivity contribution in [2.45, 2.75) is 45.1 Å². The standard InChI is InChI=1S/C25H25ClN2O4/c1-4-25(5-2)31-15-19(32-25)14-28-22(13-27)23(16-7-6-8-17(26)11-16)21-12-18(30-3)9-10-20(21)24(28)29/h6-12,19H,4-5,14-15H2,1-3H3/t19-/m0/s1. The van der Waals surface area contributed by atoms with Crippen LogP contribution in [0.3, 0.4) is 0 Å². The molecule has 0 saturated carbocycles. The zero-order valence-electron chi connectivity index (χ0n) is 18.4. The Kier molecular flexibility index (Phi) is 6.25. The van der Waals surface area contributed by atoms with Gasteiger partial charge < -0.3 is 14.2 Å². The molecule has 166 valence electrons. The first-order valence-corrected chi connectivity index (χ1v) is 11.1. The molecule has 1 saturated heterocycles. The fraction of sp³-hybridized carbons (Fsp3) is 0.360. The quantitative estimate of drug-likeness (QED) is 0.518. The van der Waals surface area contributed by atoms with Crippen molar-refractivity contribution in [1.29, 1.82) is 5.26 Å². The van der Waals surface area contributed by atoms with Gasteiger partial charge in [0.25, 0.3) is 5.56 Å². The lowest BCUT2D eigenvalue weighted by atomic mass is 9.96. The summed E-state index contributed by atoms with van der Waals surface area (Å²) in [6.45, 7) is 4.62. The second-order valence-electron chi connectivity index (χ2n) is 7.84. The molecule has 4 rings (SSSR count). The molecule has 0 spiro atoms. The number of rotatable bonds is 6. The number of pyridine rings is 1. The molecular weight excluding hydrogens is 428 g/mol. The lowest BCUT2D eigenvalue weighted by Crippen LogP contribution is -2.33. The Morgan fingerprint density at radius 3 is 2.62 bits per heavy atom. The first kappa shape index (κ1) is 22.3. The van der Waals surface area contributed by atoms with Gasteiger partial charge in [0.05, 0.1) is 20.3 Å². The molecule has 0 radical (unpaired) electrons. The number of nitriles is 1. The lowest BCUT2D eigenvalue weighted by molar-refractivity contribution is -0.172. The molecule has 0 unspecified atom stereocenters. The highest BCUT2D eigenvalue weighted by molar-refractivity contribution is 6.31. The summed E-state index contributed by atoms with van der Waals surface area (Å²) in [6.07, 6.45) is 1.10. The topological polar surface area (TPSA) is 73.5 Å². The lowest BCUT2D eigenvalue weighted by Gasteiger charge is -2.25. The van der Waals surface area contributed by atoms with Crippen LogP contribution >= 0.6 is 11.6 Å². The smallest absolute Gasteiger partial charge is 0.259 e. The molecule has 1 atom stereocenters. The van der Waals surface area contributed by atoms with Gasteiger partial charge in [-0.3, -0.25) is 9.36 Å². The van der Waals surface area contributed by atoms with Crippen LogP contribution in [0.1, 0.15) is 32.4 Å². The Balaban J connectivity index is 1.94. The number of ether oxygens (including phenoxy) is 3. The predicted octanol–water partition coefficient (Wildman–Crippen LogP) is 5.13. The van der Waals surface area contributed by atoms with Gasteiger partial charge in [0, 0.05) is 21.4 Å². The number of hydrogen-bond acceptors (Lipinski definition) is 5. The summed E-state index contributed by atoms with van der Waals surface area (Å²) in [5, 5.41) is 11.8. The van der Waals surface area contributed by atoms with Gasteiger partial charge in [-0.25, -0.2) is 0 Å². The minimum Gasteiger partial charge on any atom is -0.497 e. The molecule has 3 aromatic rings. The number of halogens is 1. The summed E-state index contributed by atoms with van der Waals surface area (Å²) in [4.78, 5) is 13.5. The van der Waals surface area contributed by atoms with E-state index in [1.807, 2.05) is 26.0 Å². The van der Waals surface area contributed by atoms with Crippen LogP contribution in [0.15, 0.2) is 47.3 Å². The molecule has 0 N–H and O–H groups in total. The maximum Gasteiger partial charge on any atom is 0.259 e. The molecule has 0 bridgehead atoms. The number of fused-ring (bicyclic) bond motifs is 1. The van der Waals surface area contributed by atoms with E-state index in [0.717, 1.165) is 5.56 Å². The van der Waals surface area contributed by atoms with Crippen molar-refractivity contribution in [3.8, 4) is 22.9 Å². The van der Waals surface area contributed by atoms with Crippen molar-refractivity contribution in [3.63, 3.8) is 0 Å². The van der Waals surface area contributed by atoms with Gasteiger partial charge in [-0.2, -0.15) is 5.26 Å². The van der Waals surface area contributed by atoms with Gasteiger partial charge in [0.15, 0.2) is 5.79 Å². The average Bonchev–Trinajstić information content (AvgIpc) is 3.24. The van der Waals surface area contributed by atoms with Crippen molar-refractivity contribution in [2.24, 2.45) is 0 Å². The molecule has 2 aromatic carbocycles. The minimum absolute atomic E-state index is 0.221. The van der Waals surface area contributed by atoms with E-state index in [1.54, 1.807) is 37.4 Å². The Hall–Kier alpha value is -2.85. The molecule has 0 amide bonds. The molecule has 7 heteroatoms. The van der Waals surface area contributed by atoms with Crippen molar-refractivity contribution in [3.05, 3.63) is 63.5 Å². The molecule has 0 aliphatic carbocycles. The molecular formula is C25H25ClN2O4. The predicted molar refractivity (Wildman–Crippen MR) is 124 cm³/mol. The van der Waals surface area contributed by atoms with Crippen LogP contribution in [0.2, 0.25) is 5.02 Å². The SMILES string of the molecule is CCC1(CC)OC[C@H](Cn2c(C#N)c(-c3cccc(Cl)c3)c3cc(OC)ccc3c2=O)O1. The molecule has 1 aromatic heterocycles. The van der Waals surface area contributed by atoms with Crippen LogP contribution in [0.4, 0.5) is 0 Å². The summed E-state index contributed by atoms with van der Waals surface area (Å²) in [7, 11) is 1.57. The Bertz CT molecular complexity index is 1260. The number of nitrogens with zero attached hydrogens (tertiary/aromatic N) is 2. The maximum absolute atomic E-state index is 13.5. The second-order valence-corrected chi connectivity index (χ2v) is 8.28. The Labute approximate surface area is 191 Å². The van der Waals surface area contributed by atoms with E-state index in [4.69, 9.17) is 25.8 Å². The van der Waals surface area contributed by atoms with Crippen LogP contribution < -0.4 is 10.3 Å². The Morgan fingerprint density at radius 1 is 1.22 bits per heavy atom. The average molecular weight is 453 g/mol. The zero-order valence-corrected chi connectivity index (χ0v) is 19.1. The highest BCUT2D eigenvalue weighted by Gasteiger charge is 2.39. The molecule has 2 heterocycles. The summed E-state index contributed by atoms with van der Waals surface area (Å²) >= 11 is 6.26. The highest BCUT2D eigenvalue weighted by atomic mass is 35.5. The molecule has 1 aliphatic heterocycles. The van der Waals surface area contributed by atoms with Gasteiger partial charge >= 0.3 is 0 Å². The van der Waals surface area contributed by atoms with E-state index < -0.39 is 5.79 Å². The van der Waals surface area contributed by atoms with Crippen LogP contribution in [0.25, 0.3) is 21.9 Å². The maximum atomic E-state index is 13.5.